The van der Waals surface area contributed by atoms with Crippen LogP contribution in [0.1, 0.15) is 162 Å². The summed E-state index contributed by atoms with van der Waals surface area (Å²) in [7, 11) is -1.56. The molecule has 1 amide bonds. The predicted octanol–water partition coefficient (Wildman–Crippen LogP) is 10.7. The van der Waals surface area contributed by atoms with E-state index in [0.717, 1.165) is 57.4 Å². The fourth-order valence-corrected chi connectivity index (χ4v) is 7.65. The number of alkyl halides is 3. The predicted molar refractivity (Wildman–Crippen MR) is 232 cm³/mol. The van der Waals surface area contributed by atoms with E-state index in [-0.39, 0.29) is 25.4 Å². The van der Waals surface area contributed by atoms with Crippen LogP contribution in [0.2, 0.25) is 25.7 Å². The van der Waals surface area contributed by atoms with E-state index in [1.54, 1.807) is 0 Å². The van der Waals surface area contributed by atoms with E-state index in [0.29, 0.717) is 6.42 Å². The van der Waals surface area contributed by atoms with Gasteiger partial charge in [0.05, 0.1) is 13.0 Å². The van der Waals surface area contributed by atoms with Gasteiger partial charge in [-0.2, -0.15) is 0 Å². The van der Waals surface area contributed by atoms with E-state index in [4.69, 9.17) is 58.5 Å². The highest BCUT2D eigenvalue weighted by Gasteiger charge is 2.49. The van der Waals surface area contributed by atoms with Gasteiger partial charge < -0.3 is 39.2 Å². The average molecular weight is 892 g/mol. The fourth-order valence-electron chi connectivity index (χ4n) is 6.76. The molecule has 1 saturated heterocycles. The first-order chi connectivity index (χ1) is 27.1. The molecule has 0 aromatic rings. The number of hydrogen-bond acceptors (Lipinski definition) is 10. The molecular formula is C42H78Cl3NO10Si. The summed E-state index contributed by atoms with van der Waals surface area (Å²) in [5.74, 6) is -1.10. The van der Waals surface area contributed by atoms with Gasteiger partial charge >= 0.3 is 18.0 Å². The molecule has 1 fully saturated rings. The summed E-state index contributed by atoms with van der Waals surface area (Å²) in [5.41, 5.74) is 0. The summed E-state index contributed by atoms with van der Waals surface area (Å²) >= 11 is 17.3. The molecule has 0 aliphatic carbocycles. The maximum absolute atomic E-state index is 13.6. The third kappa shape index (κ3) is 28.3. The second-order valence-corrected chi connectivity index (χ2v) is 25.1. The van der Waals surface area contributed by atoms with Crippen LogP contribution < -0.4 is 5.32 Å². The molecule has 0 aromatic heterocycles. The highest BCUT2D eigenvalue weighted by molar-refractivity contribution is 6.76. The molecule has 0 radical (unpaired) electrons. The zero-order valence-electron chi connectivity index (χ0n) is 35.9. The molecule has 57 heavy (non-hydrogen) atoms. The molecule has 6 atom stereocenters. The standard InChI is InChI=1S/C42H78Cl3NO10Si/c1-6-8-10-12-14-16-17-19-21-23-25-27-35(48)54-33(26-24-22-20-18-15-13-11-9-7-2)30-36(49)56-39-37(46-41(51)53-32-42(43,44)45)40(52-28-29-57(3,4)5)55-34(31-47)38(39)50/h33-34,37-40,47,50H,6-32H2,1-5H3,(H,46,51)/t33-,34-,37-,38-,39-,40-/m1/s1. The van der Waals surface area contributed by atoms with Crippen molar-refractivity contribution in [1.82, 2.24) is 5.32 Å². The Kier molecular flexibility index (Phi) is 30.3. The van der Waals surface area contributed by atoms with E-state index in [9.17, 15) is 24.6 Å². The molecule has 3 N–H and O–H groups in total. The molecule has 0 unspecified atom stereocenters. The largest absolute Gasteiger partial charge is 0.462 e. The first-order valence-corrected chi connectivity index (χ1v) is 26.9. The van der Waals surface area contributed by atoms with Crippen LogP contribution in [-0.4, -0.2) is 96.7 Å². The topological polar surface area (TPSA) is 150 Å². The van der Waals surface area contributed by atoms with E-state index < -0.39 is 73.9 Å². The molecule has 0 aromatic carbocycles. The van der Waals surface area contributed by atoms with E-state index in [1.165, 1.54) is 77.0 Å². The molecule has 11 nitrogen and oxygen atoms in total. The second-order valence-electron chi connectivity index (χ2n) is 16.9. The van der Waals surface area contributed by atoms with Gasteiger partial charge in [-0.3, -0.25) is 9.59 Å². The third-order valence-electron chi connectivity index (χ3n) is 10.2. The normalized spacial score (nSPS) is 20.6. The van der Waals surface area contributed by atoms with Crippen LogP contribution in [-0.2, 0) is 33.3 Å². The Bertz CT molecular complexity index is 1060. The van der Waals surface area contributed by atoms with Gasteiger partial charge in [0.1, 0.15) is 31.0 Å². The number of halogens is 3. The van der Waals surface area contributed by atoms with Crippen LogP contribution in [0.15, 0.2) is 0 Å². The molecule has 1 aliphatic rings. The van der Waals surface area contributed by atoms with Crippen LogP contribution in [0.25, 0.3) is 0 Å². The highest BCUT2D eigenvalue weighted by atomic mass is 35.6. The van der Waals surface area contributed by atoms with Crippen molar-refractivity contribution in [3.05, 3.63) is 0 Å². The number of aliphatic hydroxyl groups is 2. The number of ether oxygens (including phenoxy) is 5. The summed E-state index contributed by atoms with van der Waals surface area (Å²) in [6, 6.07) is -0.505. The number of nitrogens with one attached hydrogen (secondary N) is 1. The quantitative estimate of drug-likeness (QED) is 0.0191. The molecule has 0 bridgehead atoms. The maximum atomic E-state index is 13.6. The summed E-state index contributed by atoms with van der Waals surface area (Å²) < 4.78 is 26.8. The van der Waals surface area contributed by atoms with Gasteiger partial charge in [-0.05, 0) is 25.3 Å². The number of carbonyl (C=O) groups is 3. The van der Waals surface area contributed by atoms with Crippen LogP contribution in [0.4, 0.5) is 4.79 Å². The monoisotopic (exact) mass is 889 g/mol. The Hall–Kier alpha value is -0.863. The molecule has 1 rings (SSSR count). The van der Waals surface area contributed by atoms with Crippen molar-refractivity contribution >= 4 is 60.9 Å². The summed E-state index contributed by atoms with van der Waals surface area (Å²) in [4.78, 5) is 39.5. The SMILES string of the molecule is CCCCCCCCCCCCCC(=O)O[C@H](CCCCCCCCCCC)CC(=O)O[C@H]1[C@H](O)[C@@H](CO)O[C@@H](OCC[Si](C)(C)C)[C@@H]1NC(=O)OCC(Cl)(Cl)Cl. The Labute approximate surface area is 360 Å². The number of esters is 2. The highest BCUT2D eigenvalue weighted by Crippen LogP contribution is 2.28. The fraction of sp³-hybridized carbons (Fsp3) is 0.929. The average Bonchev–Trinajstić information content (AvgIpc) is 3.13. The molecule has 336 valence electrons. The first kappa shape index (κ1) is 54.2. The lowest BCUT2D eigenvalue weighted by molar-refractivity contribution is -0.272. The lowest BCUT2D eigenvalue weighted by Gasteiger charge is -2.43. The summed E-state index contributed by atoms with van der Waals surface area (Å²) in [6.07, 6.45) is 16.4. The van der Waals surface area contributed by atoms with Gasteiger partial charge in [0.25, 0.3) is 0 Å². The minimum atomic E-state index is -1.88. The number of alkyl carbamates (subject to hydrolysis) is 1. The van der Waals surface area contributed by atoms with Gasteiger partial charge in [-0.15, -0.1) is 0 Å². The minimum absolute atomic E-state index is 0.250. The first-order valence-electron chi connectivity index (χ1n) is 22.0. The van der Waals surface area contributed by atoms with Crippen molar-refractivity contribution in [2.45, 2.75) is 228 Å². The van der Waals surface area contributed by atoms with Crippen molar-refractivity contribution in [2.24, 2.45) is 0 Å². The zero-order chi connectivity index (χ0) is 42.5. The number of hydrogen-bond donors (Lipinski definition) is 3. The minimum Gasteiger partial charge on any atom is -0.462 e. The maximum Gasteiger partial charge on any atom is 0.407 e. The smallest absolute Gasteiger partial charge is 0.407 e. The lowest BCUT2D eigenvalue weighted by Crippen LogP contribution is -2.66. The van der Waals surface area contributed by atoms with Crippen LogP contribution in [0, 0.1) is 0 Å². The number of amides is 1. The molecule has 1 heterocycles. The molecular weight excluding hydrogens is 813 g/mol. The summed E-state index contributed by atoms with van der Waals surface area (Å²) in [5, 5.41) is 23.9. The Morgan fingerprint density at radius 2 is 1.28 bits per heavy atom. The molecule has 0 spiro atoms. The molecule has 15 heteroatoms. The van der Waals surface area contributed by atoms with E-state index >= 15 is 0 Å². The van der Waals surface area contributed by atoms with E-state index in [1.807, 2.05) is 0 Å². The summed E-state index contributed by atoms with van der Waals surface area (Å²) in [6.45, 7) is 10.0. The van der Waals surface area contributed by atoms with Gasteiger partial charge in [-0.1, -0.05) is 184 Å². The van der Waals surface area contributed by atoms with Crippen molar-refractivity contribution in [2.75, 3.05) is 19.8 Å². The van der Waals surface area contributed by atoms with Gasteiger partial charge in [0, 0.05) is 21.1 Å². The second kappa shape index (κ2) is 31.9. The van der Waals surface area contributed by atoms with Crippen molar-refractivity contribution < 1.29 is 48.3 Å². The number of rotatable bonds is 33. The Balaban J connectivity index is 2.96. The van der Waals surface area contributed by atoms with Gasteiger partial charge in [0.15, 0.2) is 12.4 Å². The van der Waals surface area contributed by atoms with Crippen molar-refractivity contribution in [3.8, 4) is 0 Å². The number of aliphatic hydroxyl groups excluding tert-OH is 2. The van der Waals surface area contributed by atoms with Crippen molar-refractivity contribution in [1.29, 1.82) is 0 Å². The van der Waals surface area contributed by atoms with Crippen LogP contribution in [0.5, 0.6) is 0 Å². The van der Waals surface area contributed by atoms with Crippen LogP contribution >= 0.6 is 34.8 Å². The molecule has 0 saturated carbocycles. The zero-order valence-corrected chi connectivity index (χ0v) is 39.1. The Morgan fingerprint density at radius 1 is 0.772 bits per heavy atom. The Morgan fingerprint density at radius 3 is 1.77 bits per heavy atom. The van der Waals surface area contributed by atoms with Gasteiger partial charge in [-0.25, -0.2) is 4.79 Å². The number of carbonyl (C=O) groups excluding carboxylic acids is 3. The van der Waals surface area contributed by atoms with Crippen molar-refractivity contribution in [3.63, 3.8) is 0 Å². The van der Waals surface area contributed by atoms with Crippen LogP contribution in [0.3, 0.4) is 0 Å². The van der Waals surface area contributed by atoms with Gasteiger partial charge in [0.2, 0.25) is 3.79 Å². The van der Waals surface area contributed by atoms with E-state index in [2.05, 4.69) is 38.8 Å². The lowest BCUT2D eigenvalue weighted by atomic mass is 9.96. The number of unbranched alkanes of at least 4 members (excludes halogenated alkanes) is 18. The molecule has 1 aliphatic heterocycles. The third-order valence-corrected chi connectivity index (χ3v) is 12.2.